The van der Waals surface area contributed by atoms with Crippen LogP contribution in [0.25, 0.3) is 0 Å². The Hall–Kier alpha value is -1.39. The second kappa shape index (κ2) is 3.92. The van der Waals surface area contributed by atoms with E-state index < -0.39 is 11.8 Å². The molecule has 4 aliphatic rings. The molecule has 2 saturated carbocycles. The van der Waals surface area contributed by atoms with Crippen LogP contribution in [0.15, 0.2) is 24.3 Å². The van der Waals surface area contributed by atoms with Crippen LogP contribution in [0.5, 0.6) is 0 Å². The summed E-state index contributed by atoms with van der Waals surface area (Å²) < 4.78 is 6.40. The monoisotopic (exact) mass is 299 g/mol. The molecule has 116 valence electrons. The molecule has 5 rings (SSSR count). The Labute approximate surface area is 130 Å². The number of aliphatic hydroxyl groups is 1. The van der Waals surface area contributed by atoms with Crippen LogP contribution in [-0.2, 0) is 9.53 Å². The third-order valence-electron chi connectivity index (χ3n) is 6.59. The highest BCUT2D eigenvalue weighted by atomic mass is 16.6. The minimum Gasteiger partial charge on any atom is -0.390 e. The third kappa shape index (κ3) is 1.23. The van der Waals surface area contributed by atoms with E-state index in [1.54, 1.807) is 0 Å². The fourth-order valence-corrected chi connectivity index (χ4v) is 5.80. The summed E-state index contributed by atoms with van der Waals surface area (Å²) in [5, 5.41) is 10.5. The Morgan fingerprint density at radius 2 is 2.05 bits per heavy atom. The van der Waals surface area contributed by atoms with Crippen LogP contribution >= 0.6 is 0 Å². The van der Waals surface area contributed by atoms with Crippen molar-refractivity contribution in [2.45, 2.75) is 44.6 Å². The highest BCUT2D eigenvalue weighted by Crippen LogP contribution is 2.68. The highest BCUT2D eigenvalue weighted by Gasteiger charge is 2.77. The molecule has 0 unspecified atom stereocenters. The minimum atomic E-state index is -0.543. The van der Waals surface area contributed by atoms with Crippen molar-refractivity contribution in [2.24, 2.45) is 23.7 Å². The number of hydrogen-bond donors (Lipinski definition) is 1. The summed E-state index contributed by atoms with van der Waals surface area (Å²) in [6.07, 6.45) is 1.20. The van der Waals surface area contributed by atoms with E-state index in [-0.39, 0.29) is 29.8 Å². The molecule has 0 radical (unpaired) electrons. The first-order chi connectivity index (χ1) is 10.6. The zero-order valence-electron chi connectivity index (χ0n) is 12.9. The zero-order valence-corrected chi connectivity index (χ0v) is 12.9. The SMILES string of the molecule is CC[C@]12O[C@@H]3[C@H](O)[C@H]4C[C@H]3[C@H]1[C@H]4C(=O)N2c1ccc(C)cc1. The number of aliphatic hydroxyl groups excluding tert-OH is 1. The molecule has 0 aromatic heterocycles. The fraction of sp³-hybridized carbons (Fsp3) is 0.611. The number of hydrogen-bond acceptors (Lipinski definition) is 3. The van der Waals surface area contributed by atoms with Crippen molar-refractivity contribution in [1.82, 2.24) is 0 Å². The minimum absolute atomic E-state index is 0.0556. The van der Waals surface area contributed by atoms with E-state index in [2.05, 4.69) is 6.92 Å². The lowest BCUT2D eigenvalue weighted by Crippen LogP contribution is -2.50. The Morgan fingerprint density at radius 3 is 2.73 bits per heavy atom. The number of rotatable bonds is 2. The first-order valence-corrected chi connectivity index (χ1v) is 8.35. The van der Waals surface area contributed by atoms with Crippen LogP contribution in [-0.4, -0.2) is 28.9 Å². The number of aryl methyl sites for hydroxylation is 1. The van der Waals surface area contributed by atoms with Crippen LogP contribution in [0.1, 0.15) is 25.3 Å². The molecule has 2 bridgehead atoms. The Balaban J connectivity index is 1.66. The summed E-state index contributed by atoms with van der Waals surface area (Å²) >= 11 is 0. The largest absolute Gasteiger partial charge is 0.390 e. The van der Waals surface area contributed by atoms with Crippen LogP contribution in [0.2, 0.25) is 0 Å². The number of carbonyl (C=O) groups is 1. The second-order valence-corrected chi connectivity index (χ2v) is 7.40. The van der Waals surface area contributed by atoms with Crippen molar-refractivity contribution in [3.05, 3.63) is 29.8 Å². The molecule has 2 heterocycles. The van der Waals surface area contributed by atoms with Gasteiger partial charge >= 0.3 is 0 Å². The molecular formula is C18H21NO3. The normalized spacial score (nSPS) is 47.8. The fourth-order valence-electron chi connectivity index (χ4n) is 5.80. The van der Waals surface area contributed by atoms with E-state index in [0.29, 0.717) is 5.92 Å². The van der Waals surface area contributed by atoms with Crippen LogP contribution in [0, 0.1) is 30.6 Å². The van der Waals surface area contributed by atoms with Crippen molar-refractivity contribution in [3.8, 4) is 0 Å². The van der Waals surface area contributed by atoms with Gasteiger partial charge in [0.2, 0.25) is 5.91 Å². The van der Waals surface area contributed by atoms with E-state index in [1.165, 1.54) is 5.56 Å². The van der Waals surface area contributed by atoms with Crippen molar-refractivity contribution in [3.63, 3.8) is 0 Å². The molecule has 2 aliphatic carbocycles. The number of fused-ring (bicyclic) bond motifs is 2. The van der Waals surface area contributed by atoms with Gasteiger partial charge in [0.25, 0.3) is 0 Å². The molecule has 2 aliphatic heterocycles. The van der Waals surface area contributed by atoms with E-state index >= 15 is 0 Å². The lowest BCUT2D eigenvalue weighted by atomic mass is 9.76. The van der Waals surface area contributed by atoms with Gasteiger partial charge in [0.15, 0.2) is 5.72 Å². The average Bonchev–Trinajstić information content (AvgIpc) is 3.17. The lowest BCUT2D eigenvalue weighted by Gasteiger charge is -2.38. The molecular weight excluding hydrogens is 278 g/mol. The van der Waals surface area contributed by atoms with E-state index in [9.17, 15) is 9.90 Å². The average molecular weight is 299 g/mol. The molecule has 4 heteroatoms. The van der Waals surface area contributed by atoms with Crippen LogP contribution < -0.4 is 4.90 Å². The summed E-state index contributed by atoms with van der Waals surface area (Å²) in [6.45, 7) is 4.15. The first-order valence-electron chi connectivity index (χ1n) is 8.35. The van der Waals surface area contributed by atoms with E-state index in [1.807, 2.05) is 36.1 Å². The van der Waals surface area contributed by atoms with E-state index in [4.69, 9.17) is 4.74 Å². The number of nitrogens with zero attached hydrogens (tertiary/aromatic N) is 1. The zero-order chi connectivity index (χ0) is 15.2. The topological polar surface area (TPSA) is 49.8 Å². The van der Waals surface area contributed by atoms with Gasteiger partial charge < -0.3 is 9.84 Å². The van der Waals surface area contributed by atoms with Crippen molar-refractivity contribution >= 4 is 11.6 Å². The molecule has 4 nitrogen and oxygen atoms in total. The van der Waals surface area contributed by atoms with Gasteiger partial charge in [-0.25, -0.2) is 0 Å². The molecule has 0 spiro atoms. The van der Waals surface area contributed by atoms with E-state index in [0.717, 1.165) is 18.5 Å². The Kier molecular flexibility index (Phi) is 2.33. The lowest BCUT2D eigenvalue weighted by molar-refractivity contribution is -0.133. The maximum atomic E-state index is 13.1. The number of amides is 1. The van der Waals surface area contributed by atoms with Crippen molar-refractivity contribution in [1.29, 1.82) is 0 Å². The van der Waals surface area contributed by atoms with Gasteiger partial charge in [-0.2, -0.15) is 0 Å². The third-order valence-corrected chi connectivity index (χ3v) is 6.59. The van der Waals surface area contributed by atoms with Crippen LogP contribution in [0.3, 0.4) is 0 Å². The standard InChI is InChI=1S/C18H21NO3/c1-3-18-14-12-8-11(15(20)16(12)22-18)13(14)17(21)19(18)10-6-4-9(2)5-7-10/h4-7,11-16,20H,3,8H2,1-2H3/t11-,12-,13-,14-,15+,16-,18-/m0/s1. The summed E-state index contributed by atoms with van der Waals surface area (Å²) in [4.78, 5) is 15.1. The molecule has 1 aromatic carbocycles. The number of anilines is 1. The maximum Gasteiger partial charge on any atom is 0.233 e. The summed E-state index contributed by atoms with van der Waals surface area (Å²) in [5.74, 6) is 0.797. The van der Waals surface area contributed by atoms with Gasteiger partial charge in [-0.3, -0.25) is 9.69 Å². The highest BCUT2D eigenvalue weighted by molar-refractivity contribution is 6.00. The van der Waals surface area contributed by atoms with Gasteiger partial charge in [-0.15, -0.1) is 0 Å². The number of ether oxygens (including phenoxy) is 1. The molecule has 22 heavy (non-hydrogen) atoms. The van der Waals surface area contributed by atoms with Gasteiger partial charge in [-0.05, 0) is 43.7 Å². The molecule has 1 amide bonds. The second-order valence-electron chi connectivity index (χ2n) is 7.40. The molecule has 7 atom stereocenters. The van der Waals surface area contributed by atoms with Gasteiger partial charge in [-0.1, -0.05) is 24.6 Å². The summed E-state index contributed by atoms with van der Waals surface area (Å²) in [6, 6.07) is 8.12. The van der Waals surface area contributed by atoms with Gasteiger partial charge in [0.05, 0.1) is 18.1 Å². The van der Waals surface area contributed by atoms with Gasteiger partial charge in [0, 0.05) is 11.6 Å². The number of benzene rings is 1. The molecule has 1 aromatic rings. The number of carbonyl (C=O) groups excluding carboxylic acids is 1. The summed E-state index contributed by atoms with van der Waals surface area (Å²) in [5.41, 5.74) is 1.57. The smallest absolute Gasteiger partial charge is 0.233 e. The maximum absolute atomic E-state index is 13.1. The first kappa shape index (κ1) is 13.1. The predicted octanol–water partition coefficient (Wildman–Crippen LogP) is 2.09. The Morgan fingerprint density at radius 1 is 1.32 bits per heavy atom. The molecule has 4 fully saturated rings. The quantitative estimate of drug-likeness (QED) is 0.910. The summed E-state index contributed by atoms with van der Waals surface area (Å²) in [7, 11) is 0. The van der Waals surface area contributed by atoms with Crippen molar-refractivity contribution in [2.75, 3.05) is 4.90 Å². The molecule has 1 N–H and O–H groups in total. The van der Waals surface area contributed by atoms with Gasteiger partial charge in [0.1, 0.15) is 0 Å². The molecule has 2 saturated heterocycles. The van der Waals surface area contributed by atoms with Crippen molar-refractivity contribution < 1.29 is 14.6 Å². The van der Waals surface area contributed by atoms with Crippen LogP contribution in [0.4, 0.5) is 5.69 Å². The predicted molar refractivity (Wildman–Crippen MR) is 81.1 cm³/mol. The Bertz CT molecular complexity index is 657.